The first kappa shape index (κ1) is 25.5. The lowest BCUT2D eigenvalue weighted by Gasteiger charge is -2.29. The van der Waals surface area contributed by atoms with Crippen LogP contribution in [-0.2, 0) is 18.6 Å². The van der Waals surface area contributed by atoms with Gasteiger partial charge in [0.1, 0.15) is 30.7 Å². The minimum atomic E-state index is -4.34. The van der Waals surface area contributed by atoms with E-state index < -0.39 is 50.4 Å². The number of carboxylic acids is 1. The van der Waals surface area contributed by atoms with E-state index in [-0.39, 0.29) is 29.2 Å². The number of hydrogen-bond donors (Lipinski definition) is 4. The first-order chi connectivity index (χ1) is 17.1. The second-order valence-electron chi connectivity index (χ2n) is 7.92. The lowest BCUT2D eigenvalue weighted by Crippen LogP contribution is -2.43. The second-order valence-corrected chi connectivity index (χ2v) is 9.62. The van der Waals surface area contributed by atoms with Crippen LogP contribution in [0.1, 0.15) is 19.6 Å². The Hall–Kier alpha value is -3.60. The maximum Gasteiger partial charge on any atom is 0.459 e. The topological polar surface area (TPSA) is 184 Å². The third-order valence-electron chi connectivity index (χ3n) is 5.43. The van der Waals surface area contributed by atoms with Gasteiger partial charge in [0, 0.05) is 6.42 Å². The Balaban J connectivity index is 1.58. The molecule has 0 radical (unpaired) electrons. The van der Waals surface area contributed by atoms with Crippen molar-refractivity contribution in [3.05, 3.63) is 42.7 Å². The fraction of sp³-hybridized carbons (Fsp3) is 0.333. The van der Waals surface area contributed by atoms with Crippen molar-refractivity contribution in [3.63, 3.8) is 0 Å². The molecule has 3 aromatic rings. The Kier molecular flexibility index (Phi) is 6.94. The van der Waals surface area contributed by atoms with Crippen molar-refractivity contribution in [2.75, 3.05) is 12.3 Å². The van der Waals surface area contributed by atoms with Crippen LogP contribution in [0.15, 0.2) is 36.7 Å². The van der Waals surface area contributed by atoms with E-state index in [4.69, 9.17) is 25.9 Å². The van der Waals surface area contributed by atoms with Crippen LogP contribution in [0.25, 0.3) is 11.2 Å². The molecule has 4 rings (SSSR count). The number of rotatable bonds is 9. The molecule has 190 valence electrons. The fourth-order valence-electron chi connectivity index (χ4n) is 3.53. The largest absolute Gasteiger partial charge is 0.480 e. The zero-order valence-electron chi connectivity index (χ0n) is 18.8. The zero-order chi connectivity index (χ0) is 26.1. The lowest BCUT2D eigenvalue weighted by atomic mass is 9.99. The summed E-state index contributed by atoms with van der Waals surface area (Å²) in [5.74, 6) is 0.967. The van der Waals surface area contributed by atoms with E-state index in [1.807, 2.05) is 0 Å². The van der Waals surface area contributed by atoms with E-state index in [2.05, 4.69) is 26.0 Å². The van der Waals surface area contributed by atoms with Gasteiger partial charge in [0.15, 0.2) is 22.6 Å². The van der Waals surface area contributed by atoms with Crippen molar-refractivity contribution in [1.29, 1.82) is 0 Å². The molecule has 15 heteroatoms. The fourth-order valence-corrected chi connectivity index (χ4v) is 5.05. The van der Waals surface area contributed by atoms with Crippen LogP contribution in [0.5, 0.6) is 5.75 Å². The van der Waals surface area contributed by atoms with E-state index in [9.17, 15) is 24.0 Å². The van der Waals surface area contributed by atoms with Gasteiger partial charge in [-0.25, -0.2) is 9.55 Å². The van der Waals surface area contributed by atoms with Gasteiger partial charge in [-0.3, -0.25) is 13.9 Å². The van der Waals surface area contributed by atoms with Gasteiger partial charge in [0.25, 0.3) is 0 Å². The van der Waals surface area contributed by atoms with Crippen LogP contribution < -0.4 is 15.3 Å². The summed E-state index contributed by atoms with van der Waals surface area (Å²) in [5.41, 5.74) is 4.00. The van der Waals surface area contributed by atoms with E-state index in [1.165, 1.54) is 30.0 Å². The van der Waals surface area contributed by atoms with Gasteiger partial charge in [0.05, 0.1) is 6.33 Å². The highest BCUT2D eigenvalue weighted by Crippen LogP contribution is 2.47. The number of fused-ring (bicyclic) bond motifs is 1. The maximum atomic E-state index is 13.7. The number of nitrogens with one attached hydrogen (secondary N) is 1. The summed E-state index contributed by atoms with van der Waals surface area (Å²) in [6.07, 6.45) is 3.47. The number of anilines is 1. The Morgan fingerprint density at radius 2 is 2.19 bits per heavy atom. The predicted molar refractivity (Wildman–Crippen MR) is 123 cm³/mol. The highest BCUT2D eigenvalue weighted by Gasteiger charge is 2.50. The molecule has 13 nitrogen and oxygen atoms in total. The first-order valence-electron chi connectivity index (χ1n) is 10.5. The number of carbonyl (C=O) groups is 1. The molecule has 1 saturated heterocycles. The molecule has 0 aliphatic carbocycles. The molecule has 5 N–H and O–H groups in total. The molecular weight excluding hydrogens is 498 g/mol. The number of halogens is 1. The first-order valence-corrected chi connectivity index (χ1v) is 12.1. The number of para-hydroxylation sites is 1. The van der Waals surface area contributed by atoms with Gasteiger partial charge in [-0.2, -0.15) is 19.4 Å². The van der Waals surface area contributed by atoms with E-state index in [0.29, 0.717) is 0 Å². The van der Waals surface area contributed by atoms with E-state index in [0.717, 1.165) is 0 Å². The van der Waals surface area contributed by atoms with Crippen molar-refractivity contribution in [1.82, 2.24) is 24.6 Å². The van der Waals surface area contributed by atoms with Crippen molar-refractivity contribution in [2.24, 2.45) is 0 Å². The smallest absolute Gasteiger partial charge is 0.459 e. The average molecular weight is 520 g/mol. The maximum absolute atomic E-state index is 13.7. The van der Waals surface area contributed by atoms with Crippen molar-refractivity contribution < 1.29 is 37.7 Å². The number of carboxylic acid groups (broad SMARTS) is 1. The number of benzene rings is 1. The summed E-state index contributed by atoms with van der Waals surface area (Å²) in [6.45, 7) is 0.597. The quantitative estimate of drug-likeness (QED) is 0.181. The molecule has 1 fully saturated rings. The van der Waals surface area contributed by atoms with E-state index >= 15 is 0 Å². The number of ether oxygens (including phenoxy) is 1. The molecule has 1 aliphatic heterocycles. The highest BCUT2D eigenvalue weighted by atomic mass is 31.2. The lowest BCUT2D eigenvalue weighted by molar-refractivity contribution is -0.138. The molecule has 0 spiro atoms. The van der Waals surface area contributed by atoms with Gasteiger partial charge < -0.3 is 25.2 Å². The summed E-state index contributed by atoms with van der Waals surface area (Å²) in [6, 6.07) is 6.60. The van der Waals surface area contributed by atoms with Gasteiger partial charge in [-0.1, -0.05) is 24.1 Å². The molecule has 36 heavy (non-hydrogen) atoms. The summed E-state index contributed by atoms with van der Waals surface area (Å²) >= 11 is 0. The van der Waals surface area contributed by atoms with Gasteiger partial charge in [0.2, 0.25) is 0 Å². The van der Waals surface area contributed by atoms with Crippen LogP contribution in [0.2, 0.25) is 0 Å². The van der Waals surface area contributed by atoms with Crippen LogP contribution >= 0.6 is 7.75 Å². The molecule has 3 heterocycles. The summed E-state index contributed by atoms with van der Waals surface area (Å²) in [7, 11) is -4.34. The molecule has 0 saturated carbocycles. The Morgan fingerprint density at radius 3 is 2.86 bits per heavy atom. The Labute approximate surface area is 204 Å². The molecule has 1 aromatic carbocycles. The van der Waals surface area contributed by atoms with Gasteiger partial charge in [-0.05, 0) is 19.1 Å². The van der Waals surface area contributed by atoms with Crippen molar-refractivity contribution in [2.45, 2.75) is 37.3 Å². The SMILES string of the molecule is C#C[C@]1(COP(=O)(N[C@@H](C)C(=O)O)Oc2ccccc2)O[C@@H](n2cnc3c(N)nc(F)nc32)C[C@@H]1O. The van der Waals surface area contributed by atoms with Crippen LogP contribution in [-0.4, -0.2) is 60.1 Å². The highest BCUT2D eigenvalue weighted by molar-refractivity contribution is 7.52. The molecule has 1 unspecified atom stereocenters. The standard InChI is InChI=1S/C21H22FN6O7P/c1-3-21(10-33-36(32,27-12(2)19(30)31)35-13-7-5-4-6-8-13)14(29)9-15(34-21)28-11-24-16-17(23)25-20(22)26-18(16)28/h1,4-8,11-12,14-15,29H,9-10H2,2H3,(H,27,32)(H,30,31)(H2,23,25,26)/t12-,14-,15+,21+,36?/m0/s1. The monoisotopic (exact) mass is 520 g/mol. The van der Waals surface area contributed by atoms with Crippen molar-refractivity contribution >= 4 is 30.7 Å². The van der Waals surface area contributed by atoms with Crippen molar-refractivity contribution in [3.8, 4) is 18.1 Å². The van der Waals surface area contributed by atoms with Gasteiger partial charge >= 0.3 is 19.8 Å². The number of aliphatic hydroxyl groups excluding tert-OH is 1. The predicted octanol–water partition coefficient (Wildman–Crippen LogP) is 1.47. The second kappa shape index (κ2) is 9.81. The van der Waals surface area contributed by atoms with E-state index in [1.54, 1.807) is 18.2 Å². The summed E-state index contributed by atoms with van der Waals surface area (Å²) in [5, 5.41) is 22.4. The number of nitrogen functional groups attached to an aromatic ring is 1. The molecular formula is C21H22FN6O7P. The Morgan fingerprint density at radius 1 is 1.47 bits per heavy atom. The number of aromatic nitrogens is 4. The average Bonchev–Trinajstić information content (AvgIpc) is 3.39. The third kappa shape index (κ3) is 5.01. The molecule has 2 aromatic heterocycles. The summed E-state index contributed by atoms with van der Waals surface area (Å²) in [4.78, 5) is 22.5. The number of nitrogens with zero attached hydrogens (tertiary/aromatic N) is 4. The molecule has 0 bridgehead atoms. The normalized spacial score (nSPS) is 24.2. The Bertz CT molecular complexity index is 1370. The number of aliphatic carboxylic acids is 1. The molecule has 1 aliphatic rings. The van der Waals surface area contributed by atoms with Crippen LogP contribution in [0.3, 0.4) is 0 Å². The third-order valence-corrected chi connectivity index (χ3v) is 7.05. The minimum Gasteiger partial charge on any atom is -0.480 e. The summed E-state index contributed by atoms with van der Waals surface area (Å²) < 4.78 is 45.4. The number of terminal acetylenes is 1. The number of aliphatic hydroxyl groups is 1. The minimum absolute atomic E-state index is 0.0148. The number of nitrogens with two attached hydrogens (primary N) is 1. The van der Waals surface area contributed by atoms with Crippen LogP contribution in [0, 0.1) is 18.4 Å². The number of hydrogen-bond acceptors (Lipinski definition) is 10. The van der Waals surface area contributed by atoms with Crippen LogP contribution in [0.4, 0.5) is 10.2 Å². The number of imidazole rings is 1. The van der Waals surface area contributed by atoms with Gasteiger partial charge in [-0.15, -0.1) is 6.42 Å². The molecule has 5 atom stereocenters. The zero-order valence-corrected chi connectivity index (χ0v) is 19.7. The molecule has 0 amide bonds.